The minimum atomic E-state index is -0.716. The Morgan fingerprint density at radius 3 is 2.24 bits per heavy atom. The van der Waals surface area contributed by atoms with Crippen LogP contribution in [0.1, 0.15) is 28.7 Å². The van der Waals surface area contributed by atoms with Gasteiger partial charge in [0, 0.05) is 18.2 Å². The maximum atomic E-state index is 12.3. The molecule has 0 saturated heterocycles. The standard InChI is InChI=1S/C21H24N3O3.C5H5.Fe/c1-3-27-21(26)20-12-19(16-6-4-5-7-16)23-24(20)14-18(25)13-22-17-10-8-15(2)9-11-17;1-2-4-5-3-1;/h4-12,18,22,25H,3,13-14H2,1-2H3;1-5H;/q;;+2/t18-;;/m0../s1. The Labute approximate surface area is 209 Å². The molecule has 2 aliphatic carbocycles. The van der Waals surface area contributed by atoms with Crippen LogP contribution in [-0.2, 0) is 28.4 Å². The molecule has 4 rings (SSSR count). The van der Waals surface area contributed by atoms with Gasteiger partial charge in [-0.1, -0.05) is 17.7 Å². The number of hydrogen-bond donors (Lipinski definition) is 2. The van der Waals surface area contributed by atoms with E-state index in [0.29, 0.717) is 17.9 Å². The summed E-state index contributed by atoms with van der Waals surface area (Å²) in [6.07, 6.45) is 17.0. The van der Waals surface area contributed by atoms with E-state index in [1.807, 2.05) is 89.0 Å². The van der Waals surface area contributed by atoms with Gasteiger partial charge in [0.05, 0.1) is 24.9 Å². The summed E-state index contributed by atoms with van der Waals surface area (Å²) in [6.45, 7) is 4.60. The largest absolute Gasteiger partial charge is 2.00 e. The molecule has 1 aromatic carbocycles. The zero-order chi connectivity index (χ0) is 22.8. The molecule has 2 N–H and O–H groups in total. The van der Waals surface area contributed by atoms with Crippen molar-refractivity contribution in [2.24, 2.45) is 0 Å². The molecule has 0 spiro atoms. The molecule has 6 nitrogen and oxygen atoms in total. The van der Waals surface area contributed by atoms with Gasteiger partial charge < -0.3 is 15.2 Å². The number of carbonyl (C=O) groups is 1. The molecule has 2 aromatic rings. The Hall–Kier alpha value is -1.82. The summed E-state index contributed by atoms with van der Waals surface area (Å²) in [4.78, 5) is 12.3. The maximum absolute atomic E-state index is 12.3. The molecule has 1 heterocycles. The van der Waals surface area contributed by atoms with Crippen LogP contribution in [0.4, 0.5) is 5.69 Å². The van der Waals surface area contributed by atoms with E-state index < -0.39 is 12.1 Å². The number of anilines is 1. The number of nitrogens with one attached hydrogen (secondary N) is 1. The van der Waals surface area contributed by atoms with E-state index in [1.165, 1.54) is 10.2 Å². The molecule has 1 atom stereocenters. The normalized spacial score (nSPS) is 16.5. The number of esters is 1. The number of benzene rings is 1. The van der Waals surface area contributed by atoms with E-state index in [-0.39, 0.29) is 30.2 Å². The smallest absolute Gasteiger partial charge is 0.461 e. The first kappa shape index (κ1) is 27.4. The predicted octanol–water partition coefficient (Wildman–Crippen LogP) is 3.61. The van der Waals surface area contributed by atoms with Crippen molar-refractivity contribution in [1.82, 2.24) is 9.78 Å². The van der Waals surface area contributed by atoms with Gasteiger partial charge in [-0.15, -0.1) is 0 Å². The SMILES string of the molecule is CCOC(=O)c1cc([C]2[CH][CH][CH][CH]2)nn1C[C@@H](O)CNc1ccc(C)cc1.[CH]1[CH][CH][CH][CH]1.[Fe+2]. The first-order valence-electron chi connectivity index (χ1n) is 10.7. The molecule has 0 bridgehead atoms. The van der Waals surface area contributed by atoms with Crippen LogP contribution < -0.4 is 5.32 Å². The van der Waals surface area contributed by atoms with Crippen molar-refractivity contribution < 1.29 is 31.7 Å². The zero-order valence-corrected chi connectivity index (χ0v) is 19.9. The van der Waals surface area contributed by atoms with Crippen molar-refractivity contribution in [3.05, 3.63) is 111 Å². The maximum Gasteiger partial charge on any atom is 2.00 e. The molecule has 2 saturated carbocycles. The Morgan fingerprint density at radius 2 is 1.67 bits per heavy atom. The summed E-state index contributed by atoms with van der Waals surface area (Å²) in [5.41, 5.74) is 3.13. The third kappa shape index (κ3) is 8.80. The number of aliphatic hydroxyl groups excluding tert-OH is 1. The summed E-state index contributed by atoms with van der Waals surface area (Å²) < 4.78 is 6.64. The monoisotopic (exact) mass is 487 g/mol. The molecule has 0 unspecified atom stereocenters. The Balaban J connectivity index is 0.000000568. The molecular formula is C26H29FeN3O3+2. The third-order valence-electron chi connectivity index (χ3n) is 4.76. The van der Waals surface area contributed by atoms with Gasteiger partial charge in [0.15, 0.2) is 0 Å². The molecule has 2 fully saturated rings. The van der Waals surface area contributed by atoms with Crippen LogP contribution in [0.2, 0.25) is 0 Å². The van der Waals surface area contributed by atoms with Crippen LogP contribution in [-0.4, -0.2) is 40.1 Å². The van der Waals surface area contributed by atoms with Crippen molar-refractivity contribution in [1.29, 1.82) is 0 Å². The quantitative estimate of drug-likeness (QED) is 0.440. The van der Waals surface area contributed by atoms with E-state index in [9.17, 15) is 9.90 Å². The van der Waals surface area contributed by atoms with Gasteiger partial charge in [-0.05, 0) is 89.8 Å². The van der Waals surface area contributed by atoms with Crippen LogP contribution >= 0.6 is 0 Å². The summed E-state index contributed by atoms with van der Waals surface area (Å²) in [5.74, 6) is 0.480. The van der Waals surface area contributed by atoms with E-state index in [4.69, 9.17) is 4.74 Å². The van der Waals surface area contributed by atoms with E-state index in [1.54, 1.807) is 13.0 Å². The summed E-state index contributed by atoms with van der Waals surface area (Å²) in [7, 11) is 0. The number of aryl methyl sites for hydroxylation is 1. The predicted molar refractivity (Wildman–Crippen MR) is 125 cm³/mol. The fraction of sp³-hybridized carbons (Fsp3) is 0.231. The van der Waals surface area contributed by atoms with Crippen LogP contribution in [0.25, 0.3) is 0 Å². The molecule has 2 aliphatic rings. The minimum absolute atomic E-state index is 0. The molecule has 33 heavy (non-hydrogen) atoms. The van der Waals surface area contributed by atoms with Crippen molar-refractivity contribution in [3.8, 4) is 0 Å². The van der Waals surface area contributed by atoms with Crippen LogP contribution in [0, 0.1) is 70.6 Å². The second kappa shape index (κ2) is 14.4. The van der Waals surface area contributed by atoms with Gasteiger partial charge in [-0.2, -0.15) is 5.10 Å². The number of nitrogens with zero attached hydrogens (tertiary/aromatic N) is 2. The molecule has 172 valence electrons. The molecular weight excluding hydrogens is 458 g/mol. The molecule has 0 aliphatic heterocycles. The van der Waals surface area contributed by atoms with Gasteiger partial charge in [0.2, 0.25) is 0 Å². The average molecular weight is 487 g/mol. The van der Waals surface area contributed by atoms with Gasteiger partial charge in [0.25, 0.3) is 0 Å². The van der Waals surface area contributed by atoms with Crippen LogP contribution in [0.3, 0.4) is 0 Å². The number of carbonyl (C=O) groups excluding carboxylic acids is 1. The van der Waals surface area contributed by atoms with Gasteiger partial charge >= 0.3 is 23.0 Å². The molecule has 1 aromatic heterocycles. The van der Waals surface area contributed by atoms with Crippen LogP contribution in [0.15, 0.2) is 30.3 Å². The number of aliphatic hydroxyl groups is 1. The van der Waals surface area contributed by atoms with Crippen LogP contribution in [0.5, 0.6) is 0 Å². The third-order valence-corrected chi connectivity index (χ3v) is 4.76. The van der Waals surface area contributed by atoms with E-state index in [2.05, 4.69) is 10.4 Å². The number of ether oxygens (including phenoxy) is 1. The summed E-state index contributed by atoms with van der Waals surface area (Å²) >= 11 is 0. The van der Waals surface area contributed by atoms with Gasteiger partial charge in [0.1, 0.15) is 5.69 Å². The van der Waals surface area contributed by atoms with E-state index >= 15 is 0 Å². The first-order chi connectivity index (χ1) is 15.6. The minimum Gasteiger partial charge on any atom is -0.461 e. The summed E-state index contributed by atoms with van der Waals surface area (Å²) in [6, 6.07) is 9.65. The second-order valence-corrected chi connectivity index (χ2v) is 7.35. The number of hydrogen-bond acceptors (Lipinski definition) is 5. The van der Waals surface area contributed by atoms with Crippen molar-refractivity contribution in [2.45, 2.75) is 26.5 Å². The molecule has 7 heteroatoms. The Bertz CT molecular complexity index is 820. The van der Waals surface area contributed by atoms with Crippen molar-refractivity contribution >= 4 is 11.7 Å². The molecule has 10 radical (unpaired) electrons. The van der Waals surface area contributed by atoms with Crippen molar-refractivity contribution in [3.63, 3.8) is 0 Å². The first-order valence-corrected chi connectivity index (χ1v) is 10.7. The summed E-state index contributed by atoms with van der Waals surface area (Å²) in [5, 5.41) is 18.1. The molecule has 0 amide bonds. The van der Waals surface area contributed by atoms with Crippen molar-refractivity contribution in [2.75, 3.05) is 18.5 Å². The fourth-order valence-corrected chi connectivity index (χ4v) is 3.10. The Kier molecular flexibility index (Phi) is 12.0. The van der Waals surface area contributed by atoms with E-state index in [0.717, 1.165) is 11.6 Å². The zero-order valence-electron chi connectivity index (χ0n) is 18.8. The Morgan fingerprint density at radius 1 is 1.06 bits per heavy atom. The number of rotatable bonds is 8. The topological polar surface area (TPSA) is 76.4 Å². The second-order valence-electron chi connectivity index (χ2n) is 7.35. The van der Waals surface area contributed by atoms with Gasteiger partial charge in [-0.25, -0.2) is 4.79 Å². The average Bonchev–Trinajstić information content (AvgIpc) is 3.57. The van der Waals surface area contributed by atoms with Gasteiger partial charge in [-0.3, -0.25) is 4.68 Å². The fourth-order valence-electron chi connectivity index (χ4n) is 3.10. The number of aromatic nitrogens is 2.